The van der Waals surface area contributed by atoms with Gasteiger partial charge in [0.15, 0.2) is 0 Å². The molecule has 4 aromatic rings. The summed E-state index contributed by atoms with van der Waals surface area (Å²) >= 11 is 0. The lowest BCUT2D eigenvalue weighted by Gasteiger charge is -2.25. The molecule has 0 fully saturated rings. The lowest BCUT2D eigenvalue weighted by atomic mass is 9.95. The highest BCUT2D eigenvalue weighted by molar-refractivity contribution is 5.84. The van der Waals surface area contributed by atoms with Crippen LogP contribution in [0, 0.1) is 0 Å². The molecule has 3 N–H and O–H groups in total. The average Bonchev–Trinajstić information content (AvgIpc) is 2.78. The van der Waals surface area contributed by atoms with Crippen LogP contribution in [0.4, 0.5) is 5.82 Å². The predicted molar refractivity (Wildman–Crippen MR) is 115 cm³/mol. The van der Waals surface area contributed by atoms with Gasteiger partial charge in [-0.2, -0.15) is 0 Å². The van der Waals surface area contributed by atoms with Crippen molar-refractivity contribution in [1.82, 2.24) is 15.0 Å². The van der Waals surface area contributed by atoms with Crippen molar-refractivity contribution in [1.29, 1.82) is 0 Å². The van der Waals surface area contributed by atoms with Gasteiger partial charge in [-0.05, 0) is 65.6 Å². The molecule has 1 unspecified atom stereocenters. The van der Waals surface area contributed by atoms with Gasteiger partial charge >= 0.3 is 0 Å². The summed E-state index contributed by atoms with van der Waals surface area (Å²) in [6.07, 6.45) is 2.37. The van der Waals surface area contributed by atoms with Crippen LogP contribution >= 0.6 is 0 Å². The Balaban J connectivity index is 1.50. The Kier molecular flexibility index (Phi) is 4.35. The maximum atomic E-state index is 12.8. The van der Waals surface area contributed by atoms with Crippen molar-refractivity contribution < 1.29 is 9.47 Å². The third kappa shape index (κ3) is 3.24. The molecule has 2 aromatic carbocycles. The number of fused-ring (bicyclic) bond motifs is 2. The maximum absolute atomic E-state index is 12.8. The molecule has 1 aliphatic rings. The molecule has 7 heteroatoms. The second kappa shape index (κ2) is 7.18. The van der Waals surface area contributed by atoms with Gasteiger partial charge in [0.25, 0.3) is 5.56 Å². The molecule has 0 amide bonds. The molecule has 0 radical (unpaired) electrons. The number of methoxy groups -OCH3 is 1. The Morgan fingerprint density at radius 1 is 1.13 bits per heavy atom. The molecule has 150 valence electrons. The molecule has 1 atom stereocenters. The van der Waals surface area contributed by atoms with Crippen LogP contribution in [0.2, 0.25) is 0 Å². The van der Waals surface area contributed by atoms with Crippen LogP contribution in [-0.2, 0) is 6.42 Å². The zero-order chi connectivity index (χ0) is 20.7. The molecule has 2 aromatic heterocycles. The number of nitrogens with two attached hydrogens (primary N) is 1. The summed E-state index contributed by atoms with van der Waals surface area (Å²) < 4.78 is 11.2. The number of nitrogens with one attached hydrogen (secondary N) is 1. The number of nitrogen functional groups attached to an aromatic ring is 1. The van der Waals surface area contributed by atoms with Crippen molar-refractivity contribution in [2.75, 3.05) is 19.5 Å². The molecule has 5 rings (SSSR count). The van der Waals surface area contributed by atoms with Crippen LogP contribution in [0.15, 0.2) is 59.5 Å². The lowest BCUT2D eigenvalue weighted by molar-refractivity contribution is 0.257. The average molecular weight is 400 g/mol. The van der Waals surface area contributed by atoms with Crippen LogP contribution in [-0.4, -0.2) is 28.7 Å². The molecule has 7 nitrogen and oxygen atoms in total. The zero-order valence-electron chi connectivity index (χ0n) is 16.4. The number of hydrogen-bond acceptors (Lipinski definition) is 6. The first-order chi connectivity index (χ1) is 14.6. The number of hydrogen-bond donors (Lipinski definition) is 2. The Hall–Kier alpha value is -3.87. The van der Waals surface area contributed by atoms with E-state index in [0.29, 0.717) is 29.2 Å². The number of nitrogens with zero attached hydrogens (tertiary/aromatic N) is 2. The van der Waals surface area contributed by atoms with E-state index in [1.165, 1.54) is 0 Å². The van der Waals surface area contributed by atoms with E-state index in [-0.39, 0.29) is 11.5 Å². The summed E-state index contributed by atoms with van der Waals surface area (Å²) in [7, 11) is 1.64. The quantitative estimate of drug-likeness (QED) is 0.547. The Bertz CT molecular complexity index is 1320. The number of aromatic nitrogens is 3. The highest BCUT2D eigenvalue weighted by atomic mass is 16.5. The first-order valence-corrected chi connectivity index (χ1v) is 9.66. The fourth-order valence-electron chi connectivity index (χ4n) is 3.83. The van der Waals surface area contributed by atoms with Gasteiger partial charge in [-0.25, -0.2) is 9.97 Å². The third-order valence-corrected chi connectivity index (χ3v) is 5.40. The summed E-state index contributed by atoms with van der Waals surface area (Å²) in [5.41, 5.74) is 9.09. The van der Waals surface area contributed by atoms with Gasteiger partial charge in [0.1, 0.15) is 23.1 Å². The van der Waals surface area contributed by atoms with E-state index >= 15 is 0 Å². The van der Waals surface area contributed by atoms with E-state index < -0.39 is 0 Å². The highest BCUT2D eigenvalue weighted by Crippen LogP contribution is 2.34. The van der Waals surface area contributed by atoms with Gasteiger partial charge in [0, 0.05) is 6.20 Å². The Morgan fingerprint density at radius 3 is 2.83 bits per heavy atom. The van der Waals surface area contributed by atoms with Crippen molar-refractivity contribution in [2.24, 2.45) is 0 Å². The predicted octanol–water partition coefficient (Wildman–Crippen LogP) is 3.29. The largest absolute Gasteiger partial charge is 0.497 e. The van der Waals surface area contributed by atoms with Crippen LogP contribution in [0.25, 0.3) is 22.0 Å². The van der Waals surface area contributed by atoms with E-state index in [4.69, 9.17) is 20.2 Å². The normalized spacial score (nSPS) is 15.4. The number of benzene rings is 2. The summed E-state index contributed by atoms with van der Waals surface area (Å²) in [5.74, 6) is 2.64. The molecule has 30 heavy (non-hydrogen) atoms. The van der Waals surface area contributed by atoms with Gasteiger partial charge in [0.2, 0.25) is 0 Å². The minimum absolute atomic E-state index is 0.0404. The molecule has 0 saturated carbocycles. The van der Waals surface area contributed by atoms with Gasteiger partial charge in [-0.3, -0.25) is 4.79 Å². The van der Waals surface area contributed by atoms with Gasteiger partial charge in [-0.15, -0.1) is 0 Å². The van der Waals surface area contributed by atoms with Crippen LogP contribution in [0.1, 0.15) is 17.3 Å². The number of aromatic amines is 1. The summed E-state index contributed by atoms with van der Waals surface area (Å²) in [4.78, 5) is 24.5. The van der Waals surface area contributed by atoms with Crippen molar-refractivity contribution in [3.8, 4) is 22.6 Å². The monoisotopic (exact) mass is 400 g/mol. The van der Waals surface area contributed by atoms with Gasteiger partial charge < -0.3 is 20.2 Å². The number of rotatable bonds is 3. The molecule has 0 aliphatic carbocycles. The smallest absolute Gasteiger partial charge is 0.258 e. The van der Waals surface area contributed by atoms with Crippen LogP contribution < -0.4 is 20.8 Å². The molecular weight excluding hydrogens is 380 g/mol. The lowest BCUT2D eigenvalue weighted by Crippen LogP contribution is -2.24. The molecular formula is C23H20N4O3. The van der Waals surface area contributed by atoms with Crippen LogP contribution in [0.3, 0.4) is 0 Å². The van der Waals surface area contributed by atoms with E-state index in [2.05, 4.69) is 9.97 Å². The number of H-pyrrole nitrogens is 1. The Morgan fingerprint density at radius 2 is 2.00 bits per heavy atom. The minimum Gasteiger partial charge on any atom is -0.497 e. The molecule has 0 saturated heterocycles. The van der Waals surface area contributed by atoms with E-state index in [0.717, 1.165) is 34.6 Å². The fourth-order valence-corrected chi connectivity index (χ4v) is 3.83. The van der Waals surface area contributed by atoms with Crippen LogP contribution in [0.5, 0.6) is 11.5 Å². The standard InChI is InChI=1S/C23H20N4O3/c1-29-17-3-5-20-15(9-17)8-16(12-30-20)22-26-19-4-2-13(10-18(19)23(28)27-22)14-6-7-25-21(24)11-14/h2-7,9-11,16H,8,12H2,1H3,(H2,24,25)(H,26,27,28). The van der Waals surface area contributed by atoms with Crippen molar-refractivity contribution in [2.45, 2.75) is 12.3 Å². The fraction of sp³-hybridized carbons (Fsp3) is 0.174. The second-order valence-corrected chi connectivity index (χ2v) is 7.34. The minimum atomic E-state index is -0.171. The molecule has 0 spiro atoms. The van der Waals surface area contributed by atoms with Gasteiger partial charge in [-0.1, -0.05) is 6.07 Å². The Labute approximate surface area is 172 Å². The van der Waals surface area contributed by atoms with Crippen molar-refractivity contribution in [3.63, 3.8) is 0 Å². The molecule has 3 heterocycles. The zero-order valence-corrected chi connectivity index (χ0v) is 16.4. The topological polar surface area (TPSA) is 103 Å². The van der Waals surface area contributed by atoms with Crippen molar-refractivity contribution in [3.05, 3.63) is 76.5 Å². The maximum Gasteiger partial charge on any atom is 0.258 e. The van der Waals surface area contributed by atoms with E-state index in [1.54, 1.807) is 19.4 Å². The summed E-state index contributed by atoms with van der Waals surface area (Å²) in [6, 6.07) is 15.0. The number of ether oxygens (including phenoxy) is 2. The van der Waals surface area contributed by atoms with Crippen molar-refractivity contribution >= 4 is 16.7 Å². The van der Waals surface area contributed by atoms with E-state index in [1.807, 2.05) is 42.5 Å². The van der Waals surface area contributed by atoms with E-state index in [9.17, 15) is 4.79 Å². The second-order valence-electron chi connectivity index (χ2n) is 7.34. The van der Waals surface area contributed by atoms with Gasteiger partial charge in [0.05, 0.1) is 30.5 Å². The molecule has 1 aliphatic heterocycles. The summed E-state index contributed by atoms with van der Waals surface area (Å²) in [5, 5.41) is 0.533. The first-order valence-electron chi connectivity index (χ1n) is 9.66. The first kappa shape index (κ1) is 18.2. The summed E-state index contributed by atoms with van der Waals surface area (Å²) in [6.45, 7) is 0.460. The third-order valence-electron chi connectivity index (χ3n) is 5.40. The highest BCUT2D eigenvalue weighted by Gasteiger charge is 2.24. The SMILES string of the molecule is COc1ccc2c(c1)CC(c1nc3ccc(-c4ccnc(N)c4)cc3c(=O)[nH]1)CO2. The molecule has 0 bridgehead atoms. The number of pyridine rings is 1. The number of anilines is 1.